The maximum Gasteiger partial charge on any atom is 0.500 e. The minimum Gasteiger partial charge on any atom is -0.374 e. The van der Waals surface area contributed by atoms with Crippen LogP contribution >= 0.6 is 0 Å². The van der Waals surface area contributed by atoms with Gasteiger partial charge < -0.3 is 22.8 Å². The summed E-state index contributed by atoms with van der Waals surface area (Å²) >= 11 is 0. The van der Waals surface area contributed by atoms with Crippen molar-refractivity contribution >= 4 is 18.3 Å². The molecule has 7 heteroatoms. The Morgan fingerprint density at radius 3 is 1.45 bits per heavy atom. The van der Waals surface area contributed by atoms with Gasteiger partial charge in [0.1, 0.15) is 5.91 Å². The molecule has 0 radical (unpaired) electrons. The topological polar surface area (TPSA) is 46.2 Å². The van der Waals surface area contributed by atoms with Crippen LogP contribution < -0.4 is 0 Å². The van der Waals surface area contributed by atoms with Crippen LogP contribution in [0.1, 0.15) is 48.5 Å². The average Bonchev–Trinajstić information content (AvgIpc) is 2.50. The van der Waals surface area contributed by atoms with Gasteiger partial charge in [0.25, 0.3) is 0 Å². The Labute approximate surface area is 141 Å². The molecule has 0 saturated heterocycles. The van der Waals surface area contributed by atoms with Gasteiger partial charge in [0.2, 0.25) is 0 Å². The van der Waals surface area contributed by atoms with Crippen molar-refractivity contribution < 1.29 is 22.8 Å². The van der Waals surface area contributed by atoms with Crippen LogP contribution in [0.3, 0.4) is 0 Å². The number of hydrogen-bond acceptors (Lipinski definition) is 5. The summed E-state index contributed by atoms with van der Waals surface area (Å²) in [5.41, 5.74) is 0. The molecule has 0 unspecified atom stereocenters. The minimum absolute atomic E-state index is 0.00146. The van der Waals surface area contributed by atoms with Crippen molar-refractivity contribution in [1.82, 2.24) is 0 Å². The molecule has 5 nitrogen and oxygen atoms in total. The Morgan fingerprint density at radius 1 is 0.727 bits per heavy atom. The Bertz CT molecular complexity index is 197. The molecule has 0 atom stereocenters. The molecule has 0 heterocycles. The number of ether oxygens (including phenoxy) is 2. The first-order valence-electron chi connectivity index (χ1n) is 8.82. The highest BCUT2D eigenvalue weighted by Gasteiger charge is 2.39. The van der Waals surface area contributed by atoms with E-state index in [1.54, 1.807) is 0 Å². The maximum atomic E-state index is 5.85. The van der Waals surface area contributed by atoms with Crippen molar-refractivity contribution in [3.63, 3.8) is 0 Å². The predicted octanol–water partition coefficient (Wildman–Crippen LogP) is 3.00. The first-order valence-corrected chi connectivity index (χ1v) is 12.6. The molecule has 0 aromatic rings. The molecule has 0 amide bonds. The molecule has 0 N–H and O–H groups in total. The smallest absolute Gasteiger partial charge is 0.374 e. The van der Waals surface area contributed by atoms with Gasteiger partial charge in [-0.05, 0) is 34.6 Å². The molecule has 0 saturated carbocycles. The molecule has 136 valence electrons. The summed E-state index contributed by atoms with van der Waals surface area (Å²) in [7, 11) is -2.96. The quantitative estimate of drug-likeness (QED) is 0.354. The van der Waals surface area contributed by atoms with E-state index in [4.69, 9.17) is 22.8 Å². The largest absolute Gasteiger partial charge is 0.500 e. The molecule has 0 spiro atoms. The zero-order chi connectivity index (χ0) is 17.3. The van der Waals surface area contributed by atoms with E-state index in [2.05, 4.69) is 0 Å². The zero-order valence-corrected chi connectivity index (χ0v) is 18.2. The Kier molecular flexibility index (Phi) is 19.6. The lowest BCUT2D eigenvalue weighted by Crippen LogP contribution is -2.46. The van der Waals surface area contributed by atoms with Crippen molar-refractivity contribution in [2.75, 3.05) is 33.0 Å². The predicted molar refractivity (Wildman–Crippen MR) is 97.2 cm³/mol. The molecular weight excluding hydrogens is 316 g/mol. The van der Waals surface area contributed by atoms with Crippen LogP contribution in [-0.4, -0.2) is 57.3 Å². The average molecular weight is 355 g/mol. The first kappa shape index (κ1) is 24.5. The van der Waals surface area contributed by atoms with Gasteiger partial charge in [-0.1, -0.05) is 19.9 Å². The molecule has 0 aliphatic heterocycles. The van der Waals surface area contributed by atoms with Crippen molar-refractivity contribution in [3.05, 3.63) is 0 Å². The van der Waals surface area contributed by atoms with E-state index in [9.17, 15) is 0 Å². The van der Waals surface area contributed by atoms with Crippen LogP contribution in [0, 0.1) is 0 Å². The fourth-order valence-corrected chi connectivity index (χ4v) is 7.76. The lowest BCUT2D eigenvalue weighted by Gasteiger charge is -2.28. The van der Waals surface area contributed by atoms with Crippen LogP contribution in [0.5, 0.6) is 0 Å². The first-order chi connectivity index (χ1) is 10.7. The molecule has 0 rings (SSSR count). The van der Waals surface area contributed by atoms with E-state index < -0.39 is 18.3 Å². The molecule has 0 aliphatic rings. The highest BCUT2D eigenvalue weighted by Crippen LogP contribution is 2.19. The molecular formula is C15H38O5Si2. The summed E-state index contributed by atoms with van der Waals surface area (Å²) in [6.07, 6.45) is 0. The molecule has 0 bridgehead atoms. The van der Waals surface area contributed by atoms with E-state index in [1.165, 1.54) is 0 Å². The van der Waals surface area contributed by atoms with Crippen molar-refractivity contribution in [2.45, 2.75) is 66.5 Å². The van der Waals surface area contributed by atoms with E-state index in [0.29, 0.717) is 33.0 Å². The van der Waals surface area contributed by atoms with Crippen LogP contribution in [0.15, 0.2) is 0 Å². The van der Waals surface area contributed by atoms with Gasteiger partial charge in [0.05, 0.1) is 9.52 Å². The highest BCUT2D eigenvalue weighted by molar-refractivity contribution is 6.62. The van der Waals surface area contributed by atoms with Crippen molar-refractivity contribution in [2.24, 2.45) is 0 Å². The fraction of sp³-hybridized carbons (Fsp3) is 1.00. The Morgan fingerprint density at radius 2 is 1.14 bits per heavy atom. The third-order valence-corrected chi connectivity index (χ3v) is 8.28. The van der Waals surface area contributed by atoms with Gasteiger partial charge in [0, 0.05) is 39.1 Å². The lowest BCUT2D eigenvalue weighted by molar-refractivity contribution is -0.0827. The standard InChI is InChI=1S/C13H32O5Si2.C2H6/c1-6-14-13(15-7-2)19-11-12-20(16-8-3,17-9-4)18-10-5;1-2/h13H,6-12,19H2,1-5H3;1-2H3. The summed E-state index contributed by atoms with van der Waals surface area (Å²) in [4.78, 5) is 0. The SMILES string of the molecule is CC.CCOC(OCC)[SiH2]CC[Si](OCC)(OCC)OCC. The third kappa shape index (κ3) is 11.8. The van der Waals surface area contributed by atoms with Gasteiger partial charge in [-0.15, -0.1) is 0 Å². The Hall–Kier alpha value is 0.234. The summed E-state index contributed by atoms with van der Waals surface area (Å²) in [6, 6.07) is 1.92. The van der Waals surface area contributed by atoms with E-state index in [0.717, 1.165) is 12.1 Å². The number of rotatable bonds is 14. The summed E-state index contributed by atoms with van der Waals surface area (Å²) in [5, 5.41) is 0. The van der Waals surface area contributed by atoms with Gasteiger partial charge in [0.15, 0.2) is 0 Å². The monoisotopic (exact) mass is 354 g/mol. The summed E-state index contributed by atoms with van der Waals surface area (Å²) in [6.45, 7) is 17.3. The second kappa shape index (κ2) is 17.6. The normalized spacial score (nSPS) is 12.0. The molecule has 0 aromatic carbocycles. The highest BCUT2D eigenvalue weighted by atomic mass is 28.4. The van der Waals surface area contributed by atoms with Gasteiger partial charge >= 0.3 is 8.80 Å². The van der Waals surface area contributed by atoms with Crippen LogP contribution in [0.2, 0.25) is 12.1 Å². The van der Waals surface area contributed by atoms with E-state index in [1.807, 2.05) is 48.5 Å². The van der Waals surface area contributed by atoms with Gasteiger partial charge in [-0.3, -0.25) is 0 Å². The second-order valence-electron chi connectivity index (χ2n) is 4.21. The zero-order valence-electron chi connectivity index (χ0n) is 15.8. The molecule has 0 fully saturated rings. The molecule has 0 aromatic heterocycles. The lowest BCUT2D eigenvalue weighted by atomic mass is 10.8. The van der Waals surface area contributed by atoms with Crippen LogP contribution in [0.25, 0.3) is 0 Å². The second-order valence-corrected chi connectivity index (χ2v) is 8.90. The van der Waals surface area contributed by atoms with Crippen LogP contribution in [0.4, 0.5) is 0 Å². The maximum absolute atomic E-state index is 5.85. The molecule has 0 aliphatic carbocycles. The van der Waals surface area contributed by atoms with Crippen molar-refractivity contribution in [3.8, 4) is 0 Å². The summed E-state index contributed by atoms with van der Waals surface area (Å²) < 4.78 is 28.8. The van der Waals surface area contributed by atoms with Gasteiger partial charge in [-0.25, -0.2) is 0 Å². The van der Waals surface area contributed by atoms with Crippen molar-refractivity contribution in [1.29, 1.82) is 0 Å². The van der Waals surface area contributed by atoms with Gasteiger partial charge in [-0.2, -0.15) is 0 Å². The molecule has 22 heavy (non-hydrogen) atoms. The number of hydrogen-bond donors (Lipinski definition) is 0. The third-order valence-electron chi connectivity index (χ3n) is 2.72. The van der Waals surface area contributed by atoms with Crippen LogP contribution in [-0.2, 0) is 22.8 Å². The fourth-order valence-electron chi connectivity index (χ4n) is 2.07. The minimum atomic E-state index is -2.48. The Balaban J connectivity index is 0. The summed E-state index contributed by atoms with van der Waals surface area (Å²) in [5.74, 6) is 0.00146. The van der Waals surface area contributed by atoms with E-state index >= 15 is 0 Å². The van der Waals surface area contributed by atoms with E-state index in [-0.39, 0.29) is 5.91 Å².